The topological polar surface area (TPSA) is 23.9 Å². The van der Waals surface area contributed by atoms with Crippen molar-refractivity contribution in [1.82, 2.24) is 0 Å². The molecule has 0 spiro atoms. The van der Waals surface area contributed by atoms with Crippen LogP contribution in [0.1, 0.15) is 27.2 Å². The van der Waals surface area contributed by atoms with Crippen molar-refractivity contribution in [3.05, 3.63) is 23.8 Å². The summed E-state index contributed by atoms with van der Waals surface area (Å²) in [5, 5.41) is 6.94. The molecule has 0 radical (unpaired) electrons. The van der Waals surface area contributed by atoms with Gasteiger partial charge in [0.25, 0.3) is 0 Å². The van der Waals surface area contributed by atoms with Crippen LogP contribution < -0.4 is 0 Å². The van der Waals surface area contributed by atoms with Crippen LogP contribution in [0.15, 0.2) is 23.8 Å². The largest absolute Gasteiger partial charge is 0.309 e. The second kappa shape index (κ2) is 5.90. The maximum atomic E-state index is 6.94. The Kier molecular flexibility index (Phi) is 5.44. The molecule has 0 aromatic rings. The van der Waals surface area contributed by atoms with Crippen molar-refractivity contribution < 1.29 is 0 Å². The molecule has 0 bridgehead atoms. The maximum absolute atomic E-state index is 6.94. The maximum Gasteiger partial charge on any atom is 0.0180 e. The lowest BCUT2D eigenvalue weighted by molar-refractivity contribution is 0.671. The van der Waals surface area contributed by atoms with Crippen molar-refractivity contribution in [2.24, 2.45) is 5.92 Å². The summed E-state index contributed by atoms with van der Waals surface area (Å²) in [7, 11) is 0. The first-order valence-corrected chi connectivity index (χ1v) is 4.09. The van der Waals surface area contributed by atoms with Gasteiger partial charge in [-0.15, -0.1) is 0 Å². The average molecular weight is 151 g/mol. The lowest BCUT2D eigenvalue weighted by Crippen LogP contribution is -1.94. The summed E-state index contributed by atoms with van der Waals surface area (Å²) in [6.45, 7) is 6.33. The highest BCUT2D eigenvalue weighted by Crippen LogP contribution is 2.14. The molecule has 1 atom stereocenters. The zero-order valence-corrected chi connectivity index (χ0v) is 7.59. The normalized spacial score (nSPS) is 15.4. The highest BCUT2D eigenvalue weighted by Gasteiger charge is 2.00. The Morgan fingerprint density at radius 1 is 1.55 bits per heavy atom. The fourth-order valence-electron chi connectivity index (χ4n) is 0.908. The number of hydrogen-bond acceptors (Lipinski definition) is 1. The van der Waals surface area contributed by atoms with Gasteiger partial charge in [-0.25, -0.2) is 0 Å². The standard InChI is InChI=1S/C10H17N/c1-4-6-10(7-8-11)9(3)5-2/h4,6-9,11H,5H2,1-3H3/b6-4-,10-7+,11-8?/t9-/m0/s1. The third-order valence-electron chi connectivity index (χ3n) is 1.82. The van der Waals surface area contributed by atoms with Gasteiger partial charge in [0.15, 0.2) is 0 Å². The fraction of sp³-hybridized carbons (Fsp3) is 0.500. The van der Waals surface area contributed by atoms with Crippen molar-refractivity contribution in [2.45, 2.75) is 27.2 Å². The minimum atomic E-state index is 0.563. The van der Waals surface area contributed by atoms with Gasteiger partial charge in [0.05, 0.1) is 0 Å². The first kappa shape index (κ1) is 10.2. The van der Waals surface area contributed by atoms with E-state index in [0.717, 1.165) is 6.42 Å². The van der Waals surface area contributed by atoms with Crippen molar-refractivity contribution in [2.75, 3.05) is 0 Å². The zero-order valence-electron chi connectivity index (χ0n) is 7.59. The number of nitrogens with one attached hydrogen (secondary N) is 1. The van der Waals surface area contributed by atoms with Crippen LogP contribution in [0.2, 0.25) is 0 Å². The van der Waals surface area contributed by atoms with Gasteiger partial charge in [-0.2, -0.15) is 0 Å². The van der Waals surface area contributed by atoms with Crippen molar-refractivity contribution in [1.29, 1.82) is 5.41 Å². The van der Waals surface area contributed by atoms with E-state index in [9.17, 15) is 0 Å². The predicted octanol–water partition coefficient (Wildman–Crippen LogP) is 3.18. The second-order valence-corrected chi connectivity index (χ2v) is 2.64. The van der Waals surface area contributed by atoms with E-state index in [2.05, 4.69) is 19.9 Å². The Balaban J connectivity index is 4.32. The van der Waals surface area contributed by atoms with Gasteiger partial charge in [-0.1, -0.05) is 26.0 Å². The van der Waals surface area contributed by atoms with E-state index in [1.54, 1.807) is 0 Å². The van der Waals surface area contributed by atoms with E-state index in [-0.39, 0.29) is 0 Å². The summed E-state index contributed by atoms with van der Waals surface area (Å²) in [5.41, 5.74) is 1.24. The van der Waals surface area contributed by atoms with Gasteiger partial charge < -0.3 is 5.41 Å². The third-order valence-corrected chi connectivity index (χ3v) is 1.82. The number of allylic oxidation sites excluding steroid dienone is 4. The minimum absolute atomic E-state index is 0.563. The molecule has 0 heterocycles. The van der Waals surface area contributed by atoms with E-state index < -0.39 is 0 Å². The molecule has 0 saturated heterocycles. The molecule has 0 amide bonds. The molecule has 1 heteroatoms. The van der Waals surface area contributed by atoms with Crippen LogP contribution in [0.5, 0.6) is 0 Å². The molecule has 0 aliphatic rings. The van der Waals surface area contributed by atoms with Gasteiger partial charge in [0, 0.05) is 6.21 Å². The van der Waals surface area contributed by atoms with Crippen LogP contribution in [0, 0.1) is 11.3 Å². The van der Waals surface area contributed by atoms with Crippen LogP contribution in [-0.4, -0.2) is 6.21 Å². The predicted molar refractivity (Wildman–Crippen MR) is 51.1 cm³/mol. The lowest BCUT2D eigenvalue weighted by atomic mass is 9.98. The summed E-state index contributed by atoms with van der Waals surface area (Å²) < 4.78 is 0. The second-order valence-electron chi connectivity index (χ2n) is 2.64. The SMILES string of the molecule is C/C=C\C(=C/C=N)[C@@H](C)CC. The Morgan fingerprint density at radius 3 is 2.55 bits per heavy atom. The highest BCUT2D eigenvalue weighted by molar-refractivity contribution is 5.70. The summed E-state index contributed by atoms with van der Waals surface area (Å²) in [6.07, 6.45) is 8.42. The molecular weight excluding hydrogens is 134 g/mol. The molecule has 0 unspecified atom stereocenters. The molecule has 0 rings (SSSR count). The lowest BCUT2D eigenvalue weighted by Gasteiger charge is -2.08. The molecule has 0 saturated carbocycles. The van der Waals surface area contributed by atoms with Gasteiger partial charge in [0.2, 0.25) is 0 Å². The first-order chi connectivity index (χ1) is 5.26. The van der Waals surface area contributed by atoms with Crippen LogP contribution in [0.3, 0.4) is 0 Å². The summed E-state index contributed by atoms with van der Waals surface area (Å²) in [6, 6.07) is 0. The molecule has 0 aromatic heterocycles. The third kappa shape index (κ3) is 3.76. The Morgan fingerprint density at radius 2 is 2.18 bits per heavy atom. The zero-order chi connectivity index (χ0) is 8.69. The number of hydrogen-bond donors (Lipinski definition) is 1. The number of rotatable bonds is 4. The van der Waals surface area contributed by atoms with E-state index in [0.29, 0.717) is 5.92 Å². The first-order valence-electron chi connectivity index (χ1n) is 4.09. The summed E-state index contributed by atoms with van der Waals surface area (Å²) in [5.74, 6) is 0.563. The molecule has 0 aromatic carbocycles. The Hall–Kier alpha value is -0.850. The van der Waals surface area contributed by atoms with E-state index >= 15 is 0 Å². The van der Waals surface area contributed by atoms with Crippen LogP contribution >= 0.6 is 0 Å². The Bertz CT molecular complexity index is 166. The van der Waals surface area contributed by atoms with Gasteiger partial charge in [0.1, 0.15) is 0 Å². The smallest absolute Gasteiger partial charge is 0.0180 e. The van der Waals surface area contributed by atoms with Gasteiger partial charge in [-0.3, -0.25) is 0 Å². The van der Waals surface area contributed by atoms with Crippen LogP contribution in [0.4, 0.5) is 0 Å². The van der Waals surface area contributed by atoms with Gasteiger partial charge >= 0.3 is 0 Å². The molecule has 0 fully saturated rings. The molecule has 0 aliphatic carbocycles. The molecular formula is C10H17N. The van der Waals surface area contributed by atoms with Crippen molar-refractivity contribution >= 4 is 6.21 Å². The fourth-order valence-corrected chi connectivity index (χ4v) is 0.908. The van der Waals surface area contributed by atoms with Gasteiger partial charge in [-0.05, 0) is 30.9 Å². The summed E-state index contributed by atoms with van der Waals surface area (Å²) >= 11 is 0. The molecule has 1 nitrogen and oxygen atoms in total. The van der Waals surface area contributed by atoms with E-state index in [1.807, 2.05) is 19.1 Å². The van der Waals surface area contributed by atoms with Crippen LogP contribution in [-0.2, 0) is 0 Å². The van der Waals surface area contributed by atoms with Crippen LogP contribution in [0.25, 0.3) is 0 Å². The Labute approximate surface area is 69.3 Å². The minimum Gasteiger partial charge on any atom is -0.309 e. The highest BCUT2D eigenvalue weighted by atomic mass is 14.3. The average Bonchev–Trinajstić information content (AvgIpc) is 2.03. The monoisotopic (exact) mass is 151 g/mol. The van der Waals surface area contributed by atoms with Crippen molar-refractivity contribution in [3.63, 3.8) is 0 Å². The quantitative estimate of drug-likeness (QED) is 0.471. The molecule has 11 heavy (non-hydrogen) atoms. The molecule has 1 N–H and O–H groups in total. The molecule has 0 aliphatic heterocycles. The molecule has 62 valence electrons. The van der Waals surface area contributed by atoms with E-state index in [1.165, 1.54) is 11.8 Å². The summed E-state index contributed by atoms with van der Waals surface area (Å²) in [4.78, 5) is 0. The van der Waals surface area contributed by atoms with Crippen molar-refractivity contribution in [3.8, 4) is 0 Å². The van der Waals surface area contributed by atoms with E-state index in [4.69, 9.17) is 5.41 Å².